The van der Waals surface area contributed by atoms with Crippen LogP contribution in [0.15, 0.2) is 27.6 Å². The standard InChI is InChI=1S/C10H9BrClNO2S/c11-9-2-3-10(8(6-9)7-13)16(14,15)5-1-4-12/h2-3,6H,1,4-5H2. The molecule has 86 valence electrons. The molecule has 0 bridgehead atoms. The van der Waals surface area contributed by atoms with Gasteiger partial charge in [-0.05, 0) is 24.6 Å². The molecule has 1 rings (SSSR count). The second-order valence-electron chi connectivity index (χ2n) is 3.11. The van der Waals surface area contributed by atoms with E-state index in [4.69, 9.17) is 16.9 Å². The van der Waals surface area contributed by atoms with Gasteiger partial charge in [-0.25, -0.2) is 8.42 Å². The van der Waals surface area contributed by atoms with Crippen LogP contribution < -0.4 is 0 Å². The van der Waals surface area contributed by atoms with Crippen molar-refractivity contribution in [3.05, 3.63) is 28.2 Å². The van der Waals surface area contributed by atoms with E-state index in [9.17, 15) is 8.42 Å². The first-order chi connectivity index (χ1) is 7.51. The zero-order chi connectivity index (χ0) is 12.2. The van der Waals surface area contributed by atoms with Gasteiger partial charge in [0.15, 0.2) is 9.84 Å². The van der Waals surface area contributed by atoms with Gasteiger partial charge in [0.05, 0.1) is 16.2 Å². The maximum Gasteiger partial charge on any atom is 0.179 e. The Morgan fingerprint density at radius 2 is 2.12 bits per heavy atom. The van der Waals surface area contributed by atoms with Gasteiger partial charge in [-0.1, -0.05) is 15.9 Å². The van der Waals surface area contributed by atoms with Gasteiger partial charge < -0.3 is 0 Å². The Morgan fingerprint density at radius 3 is 2.69 bits per heavy atom. The Labute approximate surface area is 108 Å². The summed E-state index contributed by atoms with van der Waals surface area (Å²) in [5.74, 6) is 0.254. The predicted molar refractivity (Wildman–Crippen MR) is 66.2 cm³/mol. The first-order valence-electron chi connectivity index (χ1n) is 4.49. The molecule has 16 heavy (non-hydrogen) atoms. The van der Waals surface area contributed by atoms with Crippen LogP contribution in [0.2, 0.25) is 0 Å². The van der Waals surface area contributed by atoms with Gasteiger partial charge in [-0.2, -0.15) is 5.26 Å². The molecular formula is C10H9BrClNO2S. The molecule has 0 amide bonds. The average molecular weight is 323 g/mol. The van der Waals surface area contributed by atoms with Crippen LogP contribution in [0.1, 0.15) is 12.0 Å². The lowest BCUT2D eigenvalue weighted by Crippen LogP contribution is -2.09. The topological polar surface area (TPSA) is 57.9 Å². The Balaban J connectivity index is 3.19. The van der Waals surface area contributed by atoms with Crippen molar-refractivity contribution in [1.82, 2.24) is 0 Å². The van der Waals surface area contributed by atoms with Crippen molar-refractivity contribution in [3.63, 3.8) is 0 Å². The highest BCUT2D eigenvalue weighted by atomic mass is 79.9. The van der Waals surface area contributed by atoms with Gasteiger partial charge in [0.25, 0.3) is 0 Å². The molecule has 0 saturated carbocycles. The third-order valence-electron chi connectivity index (χ3n) is 1.94. The smallest absolute Gasteiger partial charge is 0.179 e. The fourth-order valence-corrected chi connectivity index (χ4v) is 3.33. The summed E-state index contributed by atoms with van der Waals surface area (Å²) in [7, 11) is -3.41. The number of halogens is 2. The number of rotatable bonds is 4. The van der Waals surface area contributed by atoms with E-state index in [1.807, 2.05) is 6.07 Å². The number of sulfone groups is 1. The molecule has 1 aromatic rings. The van der Waals surface area contributed by atoms with Crippen LogP contribution in [0.5, 0.6) is 0 Å². The van der Waals surface area contributed by atoms with Crippen LogP contribution in [0.3, 0.4) is 0 Å². The number of nitriles is 1. The maximum absolute atomic E-state index is 11.9. The summed E-state index contributed by atoms with van der Waals surface area (Å²) in [5.41, 5.74) is 0.156. The minimum Gasteiger partial charge on any atom is -0.224 e. The van der Waals surface area contributed by atoms with Crippen LogP contribution in [-0.4, -0.2) is 20.1 Å². The van der Waals surface area contributed by atoms with Crippen molar-refractivity contribution in [1.29, 1.82) is 5.26 Å². The van der Waals surface area contributed by atoms with Crippen molar-refractivity contribution in [3.8, 4) is 6.07 Å². The monoisotopic (exact) mass is 321 g/mol. The summed E-state index contributed by atoms with van der Waals surface area (Å²) in [6.45, 7) is 0. The Hall–Kier alpha value is -0.570. The summed E-state index contributed by atoms with van der Waals surface area (Å²) in [6, 6.07) is 6.41. The van der Waals surface area contributed by atoms with E-state index in [1.54, 1.807) is 6.07 Å². The molecule has 0 saturated heterocycles. The highest BCUT2D eigenvalue weighted by Crippen LogP contribution is 2.21. The zero-order valence-corrected chi connectivity index (χ0v) is 11.4. The van der Waals surface area contributed by atoms with Crippen molar-refractivity contribution in [2.75, 3.05) is 11.6 Å². The molecule has 0 spiro atoms. The molecule has 0 aliphatic carbocycles. The number of benzene rings is 1. The van der Waals surface area contributed by atoms with Crippen molar-refractivity contribution in [2.24, 2.45) is 0 Å². The Bertz CT molecular complexity index is 522. The summed E-state index contributed by atoms with van der Waals surface area (Å²) in [6.07, 6.45) is 0.380. The van der Waals surface area contributed by atoms with Crippen LogP contribution in [0.25, 0.3) is 0 Å². The van der Waals surface area contributed by atoms with Gasteiger partial charge in [0.2, 0.25) is 0 Å². The van der Waals surface area contributed by atoms with Gasteiger partial charge in [0.1, 0.15) is 6.07 Å². The lowest BCUT2D eigenvalue weighted by molar-refractivity contribution is 0.594. The fourth-order valence-electron chi connectivity index (χ4n) is 1.22. The molecule has 6 heteroatoms. The zero-order valence-electron chi connectivity index (χ0n) is 8.28. The first-order valence-corrected chi connectivity index (χ1v) is 7.47. The number of alkyl halides is 1. The highest BCUT2D eigenvalue weighted by molar-refractivity contribution is 9.10. The van der Waals surface area contributed by atoms with Gasteiger partial charge in [0, 0.05) is 10.4 Å². The van der Waals surface area contributed by atoms with E-state index in [0.29, 0.717) is 10.9 Å². The highest BCUT2D eigenvalue weighted by Gasteiger charge is 2.18. The van der Waals surface area contributed by atoms with Crippen LogP contribution in [-0.2, 0) is 9.84 Å². The third kappa shape index (κ3) is 3.21. The van der Waals surface area contributed by atoms with Crippen molar-refractivity contribution < 1.29 is 8.42 Å². The predicted octanol–water partition coefficient (Wildman–Crippen LogP) is 2.72. The van der Waals surface area contributed by atoms with E-state index >= 15 is 0 Å². The second kappa shape index (κ2) is 5.67. The maximum atomic E-state index is 11.9. The SMILES string of the molecule is N#Cc1cc(Br)ccc1S(=O)(=O)CCCCl. The molecule has 0 fully saturated rings. The molecule has 3 nitrogen and oxygen atoms in total. The summed E-state index contributed by atoms with van der Waals surface area (Å²) < 4.78 is 24.4. The fraction of sp³-hybridized carbons (Fsp3) is 0.300. The summed E-state index contributed by atoms with van der Waals surface area (Å²) in [4.78, 5) is 0.0725. The second-order valence-corrected chi connectivity index (χ2v) is 6.48. The Kier molecular flexibility index (Phi) is 4.78. The molecule has 0 aliphatic heterocycles. The minimum atomic E-state index is -3.41. The number of hydrogen-bond donors (Lipinski definition) is 0. The van der Waals surface area contributed by atoms with Crippen LogP contribution in [0.4, 0.5) is 0 Å². The molecule has 0 N–H and O–H groups in total. The van der Waals surface area contributed by atoms with Gasteiger partial charge >= 0.3 is 0 Å². The minimum absolute atomic E-state index is 0.0349. The largest absolute Gasteiger partial charge is 0.224 e. The number of nitrogens with zero attached hydrogens (tertiary/aromatic N) is 1. The van der Waals surface area contributed by atoms with E-state index in [-0.39, 0.29) is 22.1 Å². The summed E-state index contributed by atoms with van der Waals surface area (Å²) >= 11 is 8.65. The van der Waals surface area contributed by atoms with Crippen molar-refractivity contribution >= 4 is 37.4 Å². The molecule has 1 aromatic carbocycles. The van der Waals surface area contributed by atoms with E-state index in [0.717, 1.165) is 0 Å². The molecule has 0 atom stereocenters. The van der Waals surface area contributed by atoms with E-state index in [2.05, 4.69) is 15.9 Å². The quantitative estimate of drug-likeness (QED) is 0.801. The van der Waals surface area contributed by atoms with Crippen molar-refractivity contribution in [2.45, 2.75) is 11.3 Å². The molecule has 0 aromatic heterocycles. The van der Waals surface area contributed by atoms with Crippen LogP contribution >= 0.6 is 27.5 Å². The number of hydrogen-bond acceptors (Lipinski definition) is 3. The van der Waals surface area contributed by atoms with E-state index in [1.165, 1.54) is 12.1 Å². The third-order valence-corrected chi connectivity index (χ3v) is 4.56. The summed E-state index contributed by atoms with van der Waals surface area (Å²) in [5, 5.41) is 8.87. The van der Waals surface area contributed by atoms with Crippen LogP contribution in [0, 0.1) is 11.3 Å². The molecule has 0 aliphatic rings. The molecular weight excluding hydrogens is 314 g/mol. The molecule has 0 heterocycles. The Morgan fingerprint density at radius 1 is 1.44 bits per heavy atom. The lowest BCUT2D eigenvalue weighted by Gasteiger charge is -2.05. The normalized spacial score (nSPS) is 11.1. The van der Waals surface area contributed by atoms with Gasteiger partial charge in [-0.3, -0.25) is 0 Å². The molecule has 0 unspecified atom stereocenters. The molecule has 0 radical (unpaired) electrons. The lowest BCUT2D eigenvalue weighted by atomic mass is 10.2. The van der Waals surface area contributed by atoms with Gasteiger partial charge in [-0.15, -0.1) is 11.6 Å². The van der Waals surface area contributed by atoms with E-state index < -0.39 is 9.84 Å². The first kappa shape index (κ1) is 13.5. The average Bonchev–Trinajstić information content (AvgIpc) is 2.26.